The number of aromatic nitrogens is 1. The third kappa shape index (κ3) is 1.49. The van der Waals surface area contributed by atoms with Crippen molar-refractivity contribution in [2.75, 3.05) is 9.80 Å². The topological polar surface area (TPSA) is 10.4 Å². The van der Waals surface area contributed by atoms with Crippen molar-refractivity contribution in [1.82, 2.24) is 0 Å². The number of benzene rings is 1. The van der Waals surface area contributed by atoms with Crippen LogP contribution >= 0.6 is 0 Å². The summed E-state index contributed by atoms with van der Waals surface area (Å²) in [7, 11) is 6.03. The zero-order chi connectivity index (χ0) is 12.8. The minimum absolute atomic E-state index is 0.301. The van der Waals surface area contributed by atoms with Crippen LogP contribution in [0.15, 0.2) is 61.1 Å². The van der Waals surface area contributed by atoms with E-state index in [-0.39, 0.29) is 0 Å². The SMILES string of the molecule is [B][n+]1cccc2c1N1C=CN(c3ccccc3)C1C2. The number of fused-ring (bicyclic) bond motifs is 3. The number of rotatable bonds is 1. The van der Waals surface area contributed by atoms with Gasteiger partial charge in [0.05, 0.1) is 6.20 Å². The fourth-order valence-corrected chi connectivity index (χ4v) is 2.96. The van der Waals surface area contributed by atoms with E-state index in [1.165, 1.54) is 11.3 Å². The molecule has 19 heavy (non-hydrogen) atoms. The average Bonchev–Trinajstić information content (AvgIpc) is 2.98. The van der Waals surface area contributed by atoms with Crippen LogP contribution < -0.4 is 14.3 Å². The smallest absolute Gasteiger partial charge is 0.305 e. The minimum atomic E-state index is 0.301. The molecule has 2 aromatic rings. The number of hydrogen-bond donors (Lipinski definition) is 0. The largest absolute Gasteiger partial charge is 0.408 e. The highest BCUT2D eigenvalue weighted by atomic mass is 15.4. The lowest BCUT2D eigenvalue weighted by Crippen LogP contribution is -2.42. The number of nitrogens with zero attached hydrogens (tertiary/aromatic N) is 3. The molecular weight excluding hydrogens is 233 g/mol. The maximum Gasteiger partial charge on any atom is 0.408 e. The van der Waals surface area contributed by atoms with Crippen LogP contribution in [0, 0.1) is 0 Å². The predicted molar refractivity (Wildman–Crippen MR) is 75.8 cm³/mol. The molecule has 0 spiro atoms. The van der Waals surface area contributed by atoms with E-state index >= 15 is 0 Å². The van der Waals surface area contributed by atoms with Gasteiger partial charge in [0.2, 0.25) is 0 Å². The molecule has 3 nitrogen and oxygen atoms in total. The molecule has 0 amide bonds. The normalized spacial score (nSPS) is 19.7. The molecule has 0 saturated carbocycles. The van der Waals surface area contributed by atoms with E-state index in [9.17, 15) is 0 Å². The van der Waals surface area contributed by atoms with Crippen molar-refractivity contribution in [1.29, 1.82) is 0 Å². The van der Waals surface area contributed by atoms with E-state index in [0.717, 1.165) is 12.2 Å². The fourth-order valence-electron chi connectivity index (χ4n) is 2.96. The second-order valence-corrected chi connectivity index (χ2v) is 4.90. The van der Waals surface area contributed by atoms with Crippen LogP contribution in [-0.4, -0.2) is 14.1 Å². The van der Waals surface area contributed by atoms with Crippen LogP contribution in [0.2, 0.25) is 0 Å². The third-order valence-electron chi connectivity index (χ3n) is 3.81. The van der Waals surface area contributed by atoms with Crippen LogP contribution in [0.4, 0.5) is 11.5 Å². The molecule has 0 saturated heterocycles. The summed E-state index contributed by atoms with van der Waals surface area (Å²) in [5.74, 6) is 1.09. The molecule has 2 radical (unpaired) electrons. The van der Waals surface area contributed by atoms with Crippen LogP contribution in [0.3, 0.4) is 0 Å². The molecule has 0 aliphatic carbocycles. The van der Waals surface area contributed by atoms with E-state index in [0.29, 0.717) is 6.17 Å². The molecule has 1 aromatic heterocycles. The Morgan fingerprint density at radius 3 is 2.63 bits per heavy atom. The zero-order valence-electron chi connectivity index (χ0n) is 10.5. The highest BCUT2D eigenvalue weighted by Crippen LogP contribution is 2.36. The maximum absolute atomic E-state index is 6.03. The van der Waals surface area contributed by atoms with Crippen LogP contribution in [0.25, 0.3) is 0 Å². The summed E-state index contributed by atoms with van der Waals surface area (Å²) in [6.07, 6.45) is 7.40. The number of pyridine rings is 1. The monoisotopic (exact) mass is 246 g/mol. The molecular formula is C15H13BN3+. The highest BCUT2D eigenvalue weighted by Gasteiger charge is 2.43. The van der Waals surface area contributed by atoms with Gasteiger partial charge >= 0.3 is 7.98 Å². The Morgan fingerprint density at radius 1 is 1.00 bits per heavy atom. The van der Waals surface area contributed by atoms with Gasteiger partial charge in [-0.15, -0.1) is 0 Å². The van der Waals surface area contributed by atoms with E-state index in [1.807, 2.05) is 18.3 Å². The Hall–Kier alpha value is -2.23. The van der Waals surface area contributed by atoms with Gasteiger partial charge in [-0.2, -0.15) is 0 Å². The van der Waals surface area contributed by atoms with Gasteiger partial charge in [0.1, 0.15) is 6.20 Å². The summed E-state index contributed by atoms with van der Waals surface area (Å²) in [4.78, 5) is 4.53. The molecule has 1 aromatic carbocycles. The van der Waals surface area contributed by atoms with Crippen molar-refractivity contribution >= 4 is 19.5 Å². The third-order valence-corrected chi connectivity index (χ3v) is 3.81. The second-order valence-electron chi connectivity index (χ2n) is 4.90. The molecule has 0 fully saturated rings. The summed E-state index contributed by atoms with van der Waals surface area (Å²) >= 11 is 0. The lowest BCUT2D eigenvalue weighted by molar-refractivity contribution is -0.507. The molecule has 4 heteroatoms. The van der Waals surface area contributed by atoms with Gasteiger partial charge in [0.15, 0.2) is 6.17 Å². The van der Waals surface area contributed by atoms with Gasteiger partial charge in [-0.05, 0) is 24.3 Å². The van der Waals surface area contributed by atoms with Crippen molar-refractivity contribution in [2.24, 2.45) is 0 Å². The summed E-state index contributed by atoms with van der Waals surface area (Å²) in [5, 5.41) is 0. The Balaban J connectivity index is 1.75. The van der Waals surface area contributed by atoms with E-state index < -0.39 is 0 Å². The second kappa shape index (κ2) is 3.88. The Kier molecular flexibility index (Phi) is 2.18. The van der Waals surface area contributed by atoms with Crippen LogP contribution in [0.5, 0.6) is 0 Å². The van der Waals surface area contributed by atoms with Crippen molar-refractivity contribution in [2.45, 2.75) is 12.6 Å². The summed E-state index contributed by atoms with van der Waals surface area (Å²) < 4.78 is 1.70. The molecule has 2 aliphatic rings. The molecule has 0 bridgehead atoms. The predicted octanol–water partition coefficient (Wildman–Crippen LogP) is 1.59. The summed E-state index contributed by atoms with van der Waals surface area (Å²) in [6.45, 7) is 0. The summed E-state index contributed by atoms with van der Waals surface area (Å²) in [6, 6.07) is 14.6. The minimum Gasteiger partial charge on any atom is -0.305 e. The Morgan fingerprint density at radius 2 is 1.79 bits per heavy atom. The van der Waals surface area contributed by atoms with Gasteiger partial charge < -0.3 is 9.38 Å². The summed E-state index contributed by atoms with van der Waals surface area (Å²) in [5.41, 5.74) is 2.50. The standard InChI is InChI=1S/C15H13BN3/c16-19-8-4-5-12-11-14-17(9-10-18(14)15(12)19)13-6-2-1-3-7-13/h1-10,14H,11H2/q+1. The van der Waals surface area contributed by atoms with Gasteiger partial charge in [-0.3, -0.25) is 0 Å². The molecule has 3 heterocycles. The molecule has 4 rings (SSSR count). The first-order valence-corrected chi connectivity index (χ1v) is 6.43. The van der Waals surface area contributed by atoms with Crippen molar-refractivity contribution in [3.05, 3.63) is 66.6 Å². The maximum atomic E-state index is 6.03. The van der Waals surface area contributed by atoms with Crippen molar-refractivity contribution < 1.29 is 4.48 Å². The van der Waals surface area contributed by atoms with Gasteiger partial charge in [0, 0.05) is 23.9 Å². The lowest BCUT2D eigenvalue weighted by Gasteiger charge is -2.22. The van der Waals surface area contributed by atoms with Gasteiger partial charge in [-0.1, -0.05) is 18.2 Å². The quantitative estimate of drug-likeness (QED) is 0.707. The Bertz CT molecular complexity index is 654. The number of anilines is 2. The fraction of sp³-hybridized carbons (Fsp3) is 0.133. The molecule has 90 valence electrons. The van der Waals surface area contributed by atoms with E-state index in [1.54, 1.807) is 4.48 Å². The van der Waals surface area contributed by atoms with Crippen molar-refractivity contribution in [3.8, 4) is 0 Å². The van der Waals surface area contributed by atoms with Crippen LogP contribution in [-0.2, 0) is 6.42 Å². The molecule has 0 N–H and O–H groups in total. The zero-order valence-corrected chi connectivity index (χ0v) is 10.5. The highest BCUT2D eigenvalue weighted by molar-refractivity contribution is 5.96. The van der Waals surface area contributed by atoms with Crippen molar-refractivity contribution in [3.63, 3.8) is 0 Å². The molecule has 1 atom stereocenters. The van der Waals surface area contributed by atoms with Crippen LogP contribution in [0.1, 0.15) is 5.56 Å². The number of para-hydroxylation sites is 1. The Labute approximate surface area is 113 Å². The molecule has 2 aliphatic heterocycles. The first kappa shape index (κ1) is 10.7. The average molecular weight is 246 g/mol. The number of hydrogen-bond acceptors (Lipinski definition) is 2. The molecule has 1 unspecified atom stereocenters. The van der Waals surface area contributed by atoms with E-state index in [2.05, 4.69) is 52.5 Å². The van der Waals surface area contributed by atoms with Gasteiger partial charge in [0.25, 0.3) is 5.82 Å². The van der Waals surface area contributed by atoms with Gasteiger partial charge in [-0.25, -0.2) is 4.90 Å². The first-order valence-electron chi connectivity index (χ1n) is 6.43. The first-order chi connectivity index (χ1) is 9.34. The lowest BCUT2D eigenvalue weighted by atomic mass is 10.2. The van der Waals surface area contributed by atoms with E-state index in [4.69, 9.17) is 7.98 Å².